The molecular formula is C29H23BrN2O3S. The van der Waals surface area contributed by atoms with E-state index in [1.807, 2.05) is 85.9 Å². The Morgan fingerprint density at radius 1 is 0.889 bits per heavy atom. The van der Waals surface area contributed by atoms with Gasteiger partial charge in [-0.1, -0.05) is 82.3 Å². The Morgan fingerprint density at radius 3 is 2.39 bits per heavy atom. The molecule has 0 bridgehead atoms. The normalized spacial score (nSPS) is 15.2. The third kappa shape index (κ3) is 5.37. The van der Waals surface area contributed by atoms with Crippen LogP contribution in [0.1, 0.15) is 21.5 Å². The number of hydrogen-bond acceptors (Lipinski definition) is 4. The van der Waals surface area contributed by atoms with Crippen LogP contribution in [0.5, 0.6) is 0 Å². The zero-order chi connectivity index (χ0) is 25.2. The van der Waals surface area contributed by atoms with Gasteiger partial charge in [0.25, 0.3) is 11.1 Å². The van der Waals surface area contributed by atoms with E-state index < -0.39 is 0 Å². The molecule has 180 valence electrons. The van der Waals surface area contributed by atoms with Crippen LogP contribution in [-0.4, -0.2) is 34.3 Å². The third-order valence-electron chi connectivity index (χ3n) is 6.22. The van der Waals surface area contributed by atoms with Gasteiger partial charge < -0.3 is 4.90 Å². The van der Waals surface area contributed by atoms with Crippen LogP contribution in [0.3, 0.4) is 0 Å². The predicted octanol–water partition coefficient (Wildman–Crippen LogP) is 6.44. The lowest BCUT2D eigenvalue weighted by atomic mass is 10.00. The Labute approximate surface area is 222 Å². The van der Waals surface area contributed by atoms with E-state index in [4.69, 9.17) is 0 Å². The minimum Gasteiger partial charge on any atom is -0.337 e. The highest BCUT2D eigenvalue weighted by molar-refractivity contribution is 9.10. The summed E-state index contributed by atoms with van der Waals surface area (Å²) in [7, 11) is 1.82. The van der Waals surface area contributed by atoms with Crippen LogP contribution in [0.15, 0.2) is 89.4 Å². The molecule has 1 unspecified atom stereocenters. The minimum atomic E-state index is -0.371. The van der Waals surface area contributed by atoms with Crippen molar-refractivity contribution in [2.45, 2.75) is 18.2 Å². The molecule has 7 heteroatoms. The average Bonchev–Trinajstić information content (AvgIpc) is 3.20. The van der Waals surface area contributed by atoms with Crippen LogP contribution >= 0.6 is 27.7 Å². The van der Waals surface area contributed by atoms with Gasteiger partial charge in [-0.2, -0.15) is 0 Å². The number of hydrogen-bond donors (Lipinski definition) is 1. The first-order chi connectivity index (χ1) is 17.4. The van der Waals surface area contributed by atoms with Gasteiger partial charge in [0.1, 0.15) is 0 Å². The topological polar surface area (TPSA) is 66.5 Å². The fourth-order valence-corrected chi connectivity index (χ4v) is 5.58. The van der Waals surface area contributed by atoms with Crippen molar-refractivity contribution in [1.29, 1.82) is 0 Å². The molecule has 4 aromatic rings. The van der Waals surface area contributed by atoms with Crippen LogP contribution in [0.2, 0.25) is 0 Å². The summed E-state index contributed by atoms with van der Waals surface area (Å²) in [5.41, 5.74) is 4.81. The molecule has 1 atom stereocenters. The molecule has 5 rings (SSSR count). The minimum absolute atomic E-state index is 0.0260. The van der Waals surface area contributed by atoms with Crippen LogP contribution in [0, 0.1) is 0 Å². The van der Waals surface area contributed by atoms with Crippen molar-refractivity contribution in [3.63, 3.8) is 0 Å². The number of benzene rings is 4. The lowest BCUT2D eigenvalue weighted by Crippen LogP contribution is -2.26. The lowest BCUT2D eigenvalue weighted by Gasteiger charge is -2.18. The molecular weight excluding hydrogens is 536 g/mol. The Kier molecular flexibility index (Phi) is 6.94. The van der Waals surface area contributed by atoms with E-state index in [2.05, 4.69) is 27.3 Å². The van der Waals surface area contributed by atoms with E-state index in [9.17, 15) is 14.4 Å². The SMILES string of the molecule is CN(Cc1cccc(-c2ccc(CC3SC(=O)NC3=O)cc2)c1)C(=O)c1ccc2cc(Br)ccc2c1. The summed E-state index contributed by atoms with van der Waals surface area (Å²) in [5.74, 6) is -0.251. The number of nitrogens with zero attached hydrogens (tertiary/aromatic N) is 1. The van der Waals surface area contributed by atoms with Crippen molar-refractivity contribution < 1.29 is 14.4 Å². The number of amides is 3. The van der Waals surface area contributed by atoms with E-state index in [1.54, 1.807) is 4.90 Å². The maximum absolute atomic E-state index is 13.1. The van der Waals surface area contributed by atoms with Crippen molar-refractivity contribution in [1.82, 2.24) is 10.2 Å². The summed E-state index contributed by atoms with van der Waals surface area (Å²) in [6, 6.07) is 28.0. The monoisotopic (exact) mass is 558 g/mol. The maximum atomic E-state index is 13.1. The van der Waals surface area contributed by atoms with E-state index >= 15 is 0 Å². The van der Waals surface area contributed by atoms with Gasteiger partial charge in [-0.05, 0) is 69.8 Å². The van der Waals surface area contributed by atoms with Crippen LogP contribution in [0.25, 0.3) is 21.9 Å². The van der Waals surface area contributed by atoms with Crippen LogP contribution in [-0.2, 0) is 17.8 Å². The Hall–Kier alpha value is -3.42. The molecule has 0 spiro atoms. The Balaban J connectivity index is 1.27. The van der Waals surface area contributed by atoms with Gasteiger partial charge in [0.15, 0.2) is 0 Å². The van der Waals surface area contributed by atoms with Crippen molar-refractivity contribution >= 4 is 55.5 Å². The molecule has 1 fully saturated rings. The number of carbonyl (C=O) groups excluding carboxylic acids is 3. The third-order valence-corrected chi connectivity index (χ3v) is 7.69. The smallest absolute Gasteiger partial charge is 0.286 e. The van der Waals surface area contributed by atoms with Crippen LogP contribution in [0.4, 0.5) is 4.79 Å². The first-order valence-corrected chi connectivity index (χ1v) is 13.2. The second-order valence-corrected chi connectivity index (χ2v) is 10.9. The van der Waals surface area contributed by atoms with Crippen molar-refractivity contribution in [2.24, 2.45) is 0 Å². The van der Waals surface area contributed by atoms with Gasteiger partial charge in [-0.25, -0.2) is 0 Å². The van der Waals surface area contributed by atoms with E-state index in [-0.39, 0.29) is 22.3 Å². The van der Waals surface area contributed by atoms with E-state index in [0.717, 1.165) is 49.3 Å². The summed E-state index contributed by atoms with van der Waals surface area (Å²) in [4.78, 5) is 38.1. The molecule has 1 heterocycles. The number of fused-ring (bicyclic) bond motifs is 1. The molecule has 0 radical (unpaired) electrons. The van der Waals surface area contributed by atoms with Crippen molar-refractivity contribution in [3.8, 4) is 11.1 Å². The fourth-order valence-electron chi connectivity index (χ4n) is 4.34. The number of halogens is 1. The predicted molar refractivity (Wildman–Crippen MR) is 148 cm³/mol. The van der Waals surface area contributed by atoms with Crippen molar-refractivity contribution in [3.05, 3.63) is 106 Å². The molecule has 1 N–H and O–H groups in total. The fraction of sp³-hybridized carbons (Fsp3) is 0.138. The lowest BCUT2D eigenvalue weighted by molar-refractivity contribution is -0.118. The molecule has 4 aromatic carbocycles. The summed E-state index contributed by atoms with van der Waals surface area (Å²) in [5, 5.41) is 3.79. The van der Waals surface area contributed by atoms with Crippen LogP contribution < -0.4 is 5.32 Å². The first kappa shape index (κ1) is 24.3. The maximum Gasteiger partial charge on any atom is 0.286 e. The first-order valence-electron chi connectivity index (χ1n) is 11.5. The summed E-state index contributed by atoms with van der Waals surface area (Å²) >= 11 is 4.53. The molecule has 36 heavy (non-hydrogen) atoms. The number of imide groups is 1. The summed E-state index contributed by atoms with van der Waals surface area (Å²) in [6.07, 6.45) is 0.515. The summed E-state index contributed by atoms with van der Waals surface area (Å²) in [6.45, 7) is 0.491. The van der Waals surface area contributed by atoms with Gasteiger partial charge in [0, 0.05) is 23.6 Å². The molecule has 3 amide bonds. The summed E-state index contributed by atoms with van der Waals surface area (Å²) < 4.78 is 1.01. The molecule has 0 aromatic heterocycles. The van der Waals surface area contributed by atoms with E-state index in [0.29, 0.717) is 18.5 Å². The molecule has 0 saturated carbocycles. The zero-order valence-electron chi connectivity index (χ0n) is 19.5. The van der Waals surface area contributed by atoms with Crippen molar-refractivity contribution in [2.75, 3.05) is 7.05 Å². The molecule has 0 aliphatic carbocycles. The quantitative estimate of drug-likeness (QED) is 0.296. The van der Waals surface area contributed by atoms with Gasteiger partial charge >= 0.3 is 0 Å². The molecule has 5 nitrogen and oxygen atoms in total. The zero-order valence-corrected chi connectivity index (χ0v) is 21.9. The largest absolute Gasteiger partial charge is 0.337 e. The number of rotatable bonds is 6. The Morgan fingerprint density at radius 2 is 1.64 bits per heavy atom. The Bertz CT molecular complexity index is 1490. The molecule has 1 aliphatic heterocycles. The van der Waals surface area contributed by atoms with Gasteiger partial charge in [0.2, 0.25) is 5.91 Å². The van der Waals surface area contributed by atoms with Gasteiger partial charge in [-0.3, -0.25) is 19.7 Å². The highest BCUT2D eigenvalue weighted by Crippen LogP contribution is 2.26. The highest BCUT2D eigenvalue weighted by Gasteiger charge is 2.31. The van der Waals surface area contributed by atoms with E-state index in [1.165, 1.54) is 0 Å². The highest BCUT2D eigenvalue weighted by atomic mass is 79.9. The number of nitrogens with one attached hydrogen (secondary N) is 1. The number of carbonyl (C=O) groups is 3. The standard InChI is InChI=1S/C29H23BrN2O3S/c1-32(28(34)24-10-9-23-16-25(30)12-11-22(23)15-24)17-19-3-2-4-21(13-19)20-7-5-18(6-8-20)14-26-27(33)31-29(35)36-26/h2-13,15-16,26H,14,17H2,1H3,(H,31,33,35). The molecule has 1 saturated heterocycles. The van der Waals surface area contributed by atoms with Gasteiger partial charge in [-0.15, -0.1) is 0 Å². The second-order valence-electron chi connectivity index (χ2n) is 8.85. The van der Waals surface area contributed by atoms with Gasteiger partial charge in [0.05, 0.1) is 5.25 Å². The average molecular weight is 559 g/mol. The molecule has 1 aliphatic rings. The second kappa shape index (κ2) is 10.3. The number of thioether (sulfide) groups is 1.